The third-order valence-corrected chi connectivity index (χ3v) is 3.77. The molecule has 1 aromatic carbocycles. The zero-order valence-corrected chi connectivity index (χ0v) is 13.3. The minimum atomic E-state index is -0.542. The fourth-order valence-electron chi connectivity index (χ4n) is 2.39. The molecule has 0 bridgehead atoms. The number of carbonyl (C=O) groups is 2. The van der Waals surface area contributed by atoms with Crippen LogP contribution in [0.5, 0.6) is 0 Å². The molecule has 1 fully saturated rings. The molecule has 2 rings (SSSR count). The number of halogens is 1. The zero-order chi connectivity index (χ0) is 16.3. The Morgan fingerprint density at radius 2 is 2.05 bits per heavy atom. The van der Waals surface area contributed by atoms with Crippen molar-refractivity contribution in [2.45, 2.75) is 24.5 Å². The van der Waals surface area contributed by atoms with Crippen molar-refractivity contribution in [2.75, 3.05) is 20.7 Å². The van der Waals surface area contributed by atoms with E-state index >= 15 is 0 Å². The predicted octanol–water partition coefficient (Wildman–Crippen LogP) is 0.308. The normalized spacial score (nSPS) is 21.3. The lowest BCUT2D eigenvalue weighted by Gasteiger charge is -2.24. The van der Waals surface area contributed by atoms with Crippen molar-refractivity contribution in [3.8, 4) is 0 Å². The van der Waals surface area contributed by atoms with E-state index in [2.05, 4.69) is 10.6 Å². The van der Waals surface area contributed by atoms with E-state index in [4.69, 9.17) is 16.7 Å². The second-order valence-corrected chi connectivity index (χ2v) is 6.04. The van der Waals surface area contributed by atoms with Gasteiger partial charge in [0.2, 0.25) is 11.8 Å². The molecule has 0 aliphatic heterocycles. The van der Waals surface area contributed by atoms with Gasteiger partial charge in [0.15, 0.2) is 0 Å². The summed E-state index contributed by atoms with van der Waals surface area (Å²) in [5.41, 5.74) is 0.812. The number of hydrogen-bond donors (Lipinski definition) is 3. The third kappa shape index (κ3) is 4.19. The topological polar surface area (TPSA) is 81.7 Å². The Kier molecular flexibility index (Phi) is 5.39. The molecular weight excluding hydrogens is 306 g/mol. The van der Waals surface area contributed by atoms with Crippen molar-refractivity contribution < 1.29 is 14.7 Å². The lowest BCUT2D eigenvalue weighted by atomic mass is 10.1. The summed E-state index contributed by atoms with van der Waals surface area (Å²) in [5, 5.41) is 14.8. The van der Waals surface area contributed by atoms with E-state index in [1.807, 2.05) is 31.1 Å². The lowest BCUT2D eigenvalue weighted by Crippen LogP contribution is -2.41. The highest BCUT2D eigenvalue weighted by Gasteiger charge is 2.40. The van der Waals surface area contributed by atoms with E-state index < -0.39 is 18.6 Å². The first-order chi connectivity index (χ1) is 10.4. The first kappa shape index (κ1) is 16.7. The highest BCUT2D eigenvalue weighted by atomic mass is 35.5. The summed E-state index contributed by atoms with van der Waals surface area (Å²) < 4.78 is 0. The van der Waals surface area contributed by atoms with E-state index in [1.54, 1.807) is 12.1 Å². The van der Waals surface area contributed by atoms with Gasteiger partial charge in [-0.15, -0.1) is 0 Å². The predicted molar refractivity (Wildman–Crippen MR) is 83.4 cm³/mol. The maximum absolute atomic E-state index is 12.5. The van der Waals surface area contributed by atoms with Gasteiger partial charge in [0.05, 0.1) is 12.1 Å². The van der Waals surface area contributed by atoms with Gasteiger partial charge < -0.3 is 15.7 Å². The van der Waals surface area contributed by atoms with Crippen molar-refractivity contribution in [3.05, 3.63) is 34.9 Å². The minimum Gasteiger partial charge on any atom is -0.387 e. The molecule has 0 spiro atoms. The molecule has 1 aliphatic rings. The Morgan fingerprint density at radius 1 is 1.36 bits per heavy atom. The van der Waals surface area contributed by atoms with Gasteiger partial charge in [0.1, 0.15) is 12.6 Å². The van der Waals surface area contributed by atoms with Crippen LogP contribution in [-0.2, 0) is 9.59 Å². The highest BCUT2D eigenvalue weighted by Crippen LogP contribution is 2.25. The van der Waals surface area contributed by atoms with Gasteiger partial charge in [-0.05, 0) is 38.2 Å². The van der Waals surface area contributed by atoms with Crippen LogP contribution in [0.1, 0.15) is 18.0 Å². The Labute approximate surface area is 134 Å². The second-order valence-electron chi connectivity index (χ2n) is 5.60. The van der Waals surface area contributed by atoms with Crippen LogP contribution >= 0.6 is 11.6 Å². The summed E-state index contributed by atoms with van der Waals surface area (Å²) in [6.07, 6.45) is 0.674. The molecule has 0 heterocycles. The van der Waals surface area contributed by atoms with Crippen molar-refractivity contribution in [3.63, 3.8) is 0 Å². The van der Waals surface area contributed by atoms with Gasteiger partial charge in [-0.3, -0.25) is 14.5 Å². The van der Waals surface area contributed by atoms with Gasteiger partial charge in [0, 0.05) is 5.02 Å². The maximum Gasteiger partial charge on any atom is 0.245 e. The molecule has 2 amide bonds. The summed E-state index contributed by atoms with van der Waals surface area (Å²) in [5.74, 6) is -0.571. The number of benzene rings is 1. The average Bonchev–Trinajstić information content (AvgIpc) is 3.15. The van der Waals surface area contributed by atoms with Crippen LogP contribution in [0.15, 0.2) is 24.3 Å². The molecule has 1 unspecified atom stereocenters. The average molecular weight is 326 g/mol. The Balaban J connectivity index is 1.99. The number of likely N-dealkylation sites (N-methyl/N-ethyl adjacent to an activating group) is 1. The van der Waals surface area contributed by atoms with Crippen molar-refractivity contribution in [2.24, 2.45) is 0 Å². The van der Waals surface area contributed by atoms with E-state index in [0.29, 0.717) is 11.4 Å². The third-order valence-electron chi connectivity index (χ3n) is 3.54. The number of aliphatic hydroxyl groups excluding tert-OH is 1. The first-order valence-corrected chi connectivity index (χ1v) is 7.42. The Morgan fingerprint density at radius 3 is 2.64 bits per heavy atom. The van der Waals surface area contributed by atoms with E-state index in [9.17, 15) is 9.59 Å². The molecule has 1 saturated carbocycles. The van der Waals surface area contributed by atoms with Crippen molar-refractivity contribution in [1.29, 1.82) is 0 Å². The van der Waals surface area contributed by atoms with Gasteiger partial charge >= 0.3 is 0 Å². The fraction of sp³-hybridized carbons (Fsp3) is 0.467. The SMILES string of the molecule is CN(C)C(C(=O)N[C@@H]1C[C@H]1NC(=O)CO)c1cccc(Cl)c1. The zero-order valence-electron chi connectivity index (χ0n) is 12.5. The summed E-state index contributed by atoms with van der Waals surface area (Å²) in [4.78, 5) is 25.4. The fourth-order valence-corrected chi connectivity index (χ4v) is 2.59. The molecule has 6 nitrogen and oxygen atoms in total. The number of nitrogens with one attached hydrogen (secondary N) is 2. The second kappa shape index (κ2) is 7.09. The molecule has 0 saturated heterocycles. The van der Waals surface area contributed by atoms with Crippen LogP contribution in [0.25, 0.3) is 0 Å². The molecule has 3 atom stereocenters. The van der Waals surface area contributed by atoms with Crippen LogP contribution in [0, 0.1) is 0 Å². The van der Waals surface area contributed by atoms with Crippen molar-refractivity contribution >= 4 is 23.4 Å². The number of carbonyl (C=O) groups excluding carboxylic acids is 2. The Hall–Kier alpha value is -1.63. The largest absolute Gasteiger partial charge is 0.387 e. The van der Waals surface area contributed by atoms with Crippen molar-refractivity contribution in [1.82, 2.24) is 15.5 Å². The van der Waals surface area contributed by atoms with Gasteiger partial charge in [0.25, 0.3) is 0 Å². The maximum atomic E-state index is 12.5. The molecule has 7 heteroatoms. The van der Waals surface area contributed by atoms with Gasteiger partial charge in [-0.2, -0.15) is 0 Å². The summed E-state index contributed by atoms with van der Waals surface area (Å²) >= 11 is 5.99. The Bertz CT molecular complexity index is 565. The highest BCUT2D eigenvalue weighted by molar-refractivity contribution is 6.30. The van der Waals surface area contributed by atoms with Gasteiger partial charge in [-0.25, -0.2) is 0 Å². The molecule has 0 radical (unpaired) electrons. The smallest absolute Gasteiger partial charge is 0.245 e. The van der Waals surface area contributed by atoms with E-state index in [1.165, 1.54) is 0 Å². The number of aliphatic hydroxyl groups is 1. The minimum absolute atomic E-state index is 0.0929. The summed E-state index contributed by atoms with van der Waals surface area (Å²) in [6.45, 7) is -0.542. The number of amides is 2. The monoisotopic (exact) mass is 325 g/mol. The number of hydrogen-bond acceptors (Lipinski definition) is 4. The number of rotatable bonds is 6. The van der Waals surface area contributed by atoms with E-state index in [0.717, 1.165) is 5.56 Å². The molecule has 1 aliphatic carbocycles. The molecule has 1 aromatic rings. The van der Waals surface area contributed by atoms with Crippen LogP contribution in [0.4, 0.5) is 0 Å². The summed E-state index contributed by atoms with van der Waals surface area (Å²) in [7, 11) is 3.64. The van der Waals surface area contributed by atoms with Gasteiger partial charge in [-0.1, -0.05) is 23.7 Å². The molecule has 22 heavy (non-hydrogen) atoms. The van der Waals surface area contributed by atoms with Crippen LogP contribution in [0.2, 0.25) is 5.02 Å². The molecule has 120 valence electrons. The van der Waals surface area contributed by atoms with Crippen LogP contribution < -0.4 is 10.6 Å². The number of nitrogens with zero attached hydrogens (tertiary/aromatic N) is 1. The molecular formula is C15H20ClN3O3. The summed E-state index contributed by atoms with van der Waals surface area (Å²) in [6, 6.07) is 6.54. The first-order valence-electron chi connectivity index (χ1n) is 7.05. The van der Waals surface area contributed by atoms with Crippen LogP contribution in [-0.4, -0.2) is 54.6 Å². The van der Waals surface area contributed by atoms with E-state index in [-0.39, 0.29) is 18.0 Å². The quantitative estimate of drug-likeness (QED) is 0.703. The van der Waals surface area contributed by atoms with Crippen LogP contribution in [0.3, 0.4) is 0 Å². The molecule has 0 aromatic heterocycles. The molecule has 3 N–H and O–H groups in total. The standard InChI is InChI=1S/C15H20ClN3O3/c1-19(2)14(9-4-3-5-10(16)6-9)15(22)18-12-7-11(12)17-13(21)8-20/h3-6,11-12,14,20H,7-8H2,1-2H3,(H,17,21)(H,18,22)/t11-,12-,14?/m1/s1. The lowest BCUT2D eigenvalue weighted by molar-refractivity contribution is -0.126.